The van der Waals surface area contributed by atoms with Crippen LogP contribution in [-0.2, 0) is 16.1 Å². The summed E-state index contributed by atoms with van der Waals surface area (Å²) in [5.41, 5.74) is 1.94. The van der Waals surface area contributed by atoms with Crippen LogP contribution >= 0.6 is 11.6 Å². The molecule has 1 aromatic heterocycles. The molecule has 1 amide bonds. The van der Waals surface area contributed by atoms with E-state index >= 15 is 4.39 Å². The third-order valence-electron chi connectivity index (χ3n) is 7.76. The molecule has 40 heavy (non-hydrogen) atoms. The molecule has 0 radical (unpaired) electrons. The van der Waals surface area contributed by atoms with Crippen LogP contribution in [0, 0.1) is 18.7 Å². The van der Waals surface area contributed by atoms with E-state index in [0.29, 0.717) is 43.1 Å². The molecule has 0 bridgehead atoms. The molecular weight excluding hydrogens is 537 g/mol. The molecule has 1 saturated carbocycles. The van der Waals surface area contributed by atoms with Gasteiger partial charge in [-0.15, -0.1) is 0 Å². The Morgan fingerprint density at radius 3 is 2.50 bits per heavy atom. The lowest BCUT2D eigenvalue weighted by molar-refractivity contribution is -0.148. The minimum Gasteiger partial charge on any atom is -0.492 e. The first-order valence-electron chi connectivity index (χ1n) is 13.6. The second kappa shape index (κ2) is 11.5. The number of hydrogen-bond donors (Lipinski definition) is 1. The molecule has 3 aromatic rings. The van der Waals surface area contributed by atoms with Gasteiger partial charge in [-0.2, -0.15) is 0 Å². The number of fused-ring (bicyclic) bond motifs is 1. The fourth-order valence-electron chi connectivity index (χ4n) is 5.46. The lowest BCUT2D eigenvalue weighted by Gasteiger charge is -2.34. The van der Waals surface area contributed by atoms with E-state index < -0.39 is 17.2 Å². The van der Waals surface area contributed by atoms with Crippen LogP contribution in [0.3, 0.4) is 0 Å². The number of pyridine rings is 1. The molecule has 5 rings (SSSR count). The lowest BCUT2D eigenvalue weighted by Crippen LogP contribution is -2.37. The number of aryl methyl sites for hydroxylation is 1. The van der Waals surface area contributed by atoms with Crippen molar-refractivity contribution >= 4 is 40.1 Å². The number of halogens is 2. The average molecular weight is 570 g/mol. The predicted octanol–water partition coefficient (Wildman–Crippen LogP) is 5.16. The first-order valence-corrected chi connectivity index (χ1v) is 14.0. The number of piperidine rings is 1. The maximum Gasteiger partial charge on any atom is 0.309 e. The van der Waals surface area contributed by atoms with Gasteiger partial charge in [-0.3, -0.25) is 14.4 Å². The number of anilines is 1. The van der Waals surface area contributed by atoms with Crippen LogP contribution in [-0.4, -0.2) is 43.2 Å². The van der Waals surface area contributed by atoms with E-state index in [1.165, 1.54) is 13.2 Å². The summed E-state index contributed by atoms with van der Waals surface area (Å²) in [6.45, 7) is 5.11. The molecular formula is C30H33ClFN3O5. The summed E-state index contributed by atoms with van der Waals surface area (Å²) >= 11 is 6.04. The zero-order chi connectivity index (χ0) is 28.6. The highest BCUT2D eigenvalue weighted by molar-refractivity contribution is 6.30. The van der Waals surface area contributed by atoms with Crippen LogP contribution in [0.5, 0.6) is 5.75 Å². The number of amides is 1. The summed E-state index contributed by atoms with van der Waals surface area (Å²) < 4.78 is 28.6. The summed E-state index contributed by atoms with van der Waals surface area (Å²) in [7, 11) is 1.46. The molecule has 8 nitrogen and oxygen atoms in total. The average Bonchev–Trinajstić information content (AvgIpc) is 3.78. The van der Waals surface area contributed by atoms with E-state index in [-0.39, 0.29) is 46.9 Å². The molecule has 2 aliphatic rings. The Morgan fingerprint density at radius 2 is 1.88 bits per heavy atom. The topological polar surface area (TPSA) is 89.9 Å². The minimum atomic E-state index is -0.604. The number of esters is 1. The number of rotatable bonds is 8. The van der Waals surface area contributed by atoms with Crippen molar-refractivity contribution < 1.29 is 23.5 Å². The first-order chi connectivity index (χ1) is 19.2. The van der Waals surface area contributed by atoms with Crippen molar-refractivity contribution in [2.45, 2.75) is 52.1 Å². The second-order valence-corrected chi connectivity index (χ2v) is 10.9. The fraction of sp³-hybridized carbons (Fsp3) is 0.433. The lowest BCUT2D eigenvalue weighted by atomic mass is 9.96. The van der Waals surface area contributed by atoms with E-state index in [4.69, 9.17) is 21.1 Å². The minimum absolute atomic E-state index is 0.0459. The Morgan fingerprint density at radius 1 is 1.15 bits per heavy atom. The smallest absolute Gasteiger partial charge is 0.309 e. The maximum atomic E-state index is 15.8. The van der Waals surface area contributed by atoms with Crippen molar-refractivity contribution in [3.05, 3.63) is 68.2 Å². The van der Waals surface area contributed by atoms with E-state index in [0.717, 1.165) is 24.0 Å². The van der Waals surface area contributed by atoms with Crippen LogP contribution in [0.4, 0.5) is 10.1 Å². The highest BCUT2D eigenvalue weighted by Crippen LogP contribution is 2.44. The van der Waals surface area contributed by atoms with Crippen LogP contribution in [0.25, 0.3) is 10.9 Å². The van der Waals surface area contributed by atoms with Crippen LogP contribution in [0.1, 0.15) is 60.1 Å². The molecule has 0 unspecified atom stereocenters. The first kappa shape index (κ1) is 28.0. The zero-order valence-electron chi connectivity index (χ0n) is 22.9. The summed E-state index contributed by atoms with van der Waals surface area (Å²) in [6, 6.07) is 6.68. The highest BCUT2D eigenvalue weighted by Gasteiger charge is 2.33. The molecule has 1 aliphatic heterocycles. The van der Waals surface area contributed by atoms with E-state index in [1.54, 1.807) is 19.2 Å². The normalized spacial score (nSPS) is 15.8. The van der Waals surface area contributed by atoms with Gasteiger partial charge in [0, 0.05) is 36.9 Å². The van der Waals surface area contributed by atoms with Gasteiger partial charge in [-0.05, 0) is 68.9 Å². The molecule has 212 valence electrons. The summed E-state index contributed by atoms with van der Waals surface area (Å²) in [5.74, 6) is -1.33. The van der Waals surface area contributed by atoms with Crippen molar-refractivity contribution in [1.82, 2.24) is 9.88 Å². The molecule has 2 aromatic carbocycles. The van der Waals surface area contributed by atoms with Crippen molar-refractivity contribution in [1.29, 1.82) is 0 Å². The third-order valence-corrected chi connectivity index (χ3v) is 8.00. The van der Waals surface area contributed by atoms with Crippen LogP contribution in [0.2, 0.25) is 5.02 Å². The van der Waals surface area contributed by atoms with Crippen molar-refractivity contribution in [3.63, 3.8) is 0 Å². The fourth-order valence-corrected chi connectivity index (χ4v) is 5.69. The van der Waals surface area contributed by atoms with Crippen molar-refractivity contribution in [3.8, 4) is 5.75 Å². The largest absolute Gasteiger partial charge is 0.492 e. The molecule has 1 N–H and O–H groups in total. The monoisotopic (exact) mass is 569 g/mol. The predicted molar refractivity (Wildman–Crippen MR) is 152 cm³/mol. The van der Waals surface area contributed by atoms with Gasteiger partial charge in [0.1, 0.15) is 11.3 Å². The van der Waals surface area contributed by atoms with Crippen molar-refractivity contribution in [2.75, 3.05) is 31.7 Å². The van der Waals surface area contributed by atoms with Crippen molar-refractivity contribution in [2.24, 2.45) is 5.92 Å². The Bertz CT molecular complexity index is 1530. The molecule has 1 aliphatic carbocycles. The van der Waals surface area contributed by atoms with Gasteiger partial charge in [0.2, 0.25) is 5.43 Å². The maximum absolute atomic E-state index is 15.8. The number of hydrogen-bond acceptors (Lipinski definition) is 6. The molecule has 2 heterocycles. The quantitative estimate of drug-likeness (QED) is 0.377. The van der Waals surface area contributed by atoms with E-state index in [2.05, 4.69) is 5.32 Å². The molecule has 2 fully saturated rings. The molecule has 1 saturated heterocycles. The Labute approximate surface area is 237 Å². The number of methoxy groups -OCH3 is 1. The number of carbonyl (C=O) groups is 2. The summed E-state index contributed by atoms with van der Waals surface area (Å²) in [6.07, 6.45) is 4.39. The van der Waals surface area contributed by atoms with Gasteiger partial charge in [-0.25, -0.2) is 4.39 Å². The van der Waals surface area contributed by atoms with Gasteiger partial charge >= 0.3 is 5.97 Å². The van der Waals surface area contributed by atoms with E-state index in [9.17, 15) is 14.4 Å². The second-order valence-electron chi connectivity index (χ2n) is 10.4. The van der Waals surface area contributed by atoms with Gasteiger partial charge in [0.05, 0.1) is 30.5 Å². The summed E-state index contributed by atoms with van der Waals surface area (Å²) in [5, 5.41) is 3.53. The number of carbonyl (C=O) groups excluding carboxylic acids is 2. The molecule has 10 heteroatoms. The number of aromatic nitrogens is 1. The highest BCUT2D eigenvalue weighted by atomic mass is 35.5. The van der Waals surface area contributed by atoms with Gasteiger partial charge in [0.15, 0.2) is 11.6 Å². The number of nitrogens with one attached hydrogen (secondary N) is 1. The van der Waals surface area contributed by atoms with Crippen LogP contribution in [0.15, 0.2) is 35.3 Å². The SMILES string of the molecule is CCOC(=O)C1CCN(c2c(F)cc3c(=O)c(C(=O)NCc4ccc(Cl)cc4C)cn(C4CC4)c3c2OC)CC1. The van der Waals surface area contributed by atoms with E-state index in [1.807, 2.05) is 28.5 Å². The number of benzene rings is 2. The van der Waals surface area contributed by atoms with Gasteiger partial charge < -0.3 is 24.3 Å². The Hall–Kier alpha value is -3.59. The zero-order valence-corrected chi connectivity index (χ0v) is 23.6. The number of ether oxygens (including phenoxy) is 2. The Balaban J connectivity index is 1.50. The molecule has 0 atom stereocenters. The third kappa shape index (κ3) is 5.39. The van der Waals surface area contributed by atoms with Gasteiger partial charge in [-0.1, -0.05) is 17.7 Å². The van der Waals surface area contributed by atoms with Crippen LogP contribution < -0.4 is 20.4 Å². The standard InChI is InChI=1S/C30H33ClFN3O5/c1-4-40-30(38)18-9-11-34(12-10-18)26-24(32)14-22-25(28(26)39-3)35(21-7-8-21)16-23(27(22)36)29(37)33-15-19-5-6-20(31)13-17(19)2/h5-6,13-14,16,18,21H,4,7-12,15H2,1-3H3,(H,33,37). The molecule has 0 spiro atoms. The van der Waals surface area contributed by atoms with Gasteiger partial charge in [0.25, 0.3) is 5.91 Å². The Kier molecular flexibility index (Phi) is 8.03. The summed E-state index contributed by atoms with van der Waals surface area (Å²) in [4.78, 5) is 40.9. The number of nitrogens with zero attached hydrogens (tertiary/aromatic N) is 2.